The first kappa shape index (κ1) is 15.0. The first-order valence-corrected chi connectivity index (χ1v) is 6.40. The van der Waals surface area contributed by atoms with Gasteiger partial charge in [-0.3, -0.25) is 0 Å². The van der Waals surface area contributed by atoms with Gasteiger partial charge in [0.05, 0.1) is 29.7 Å². The van der Waals surface area contributed by atoms with E-state index in [-0.39, 0.29) is 5.92 Å². The van der Waals surface area contributed by atoms with Crippen LogP contribution in [0.1, 0.15) is 38.0 Å². The first-order chi connectivity index (χ1) is 9.03. The van der Waals surface area contributed by atoms with Gasteiger partial charge < -0.3 is 10.0 Å². The highest BCUT2D eigenvalue weighted by Gasteiger charge is 2.16. The van der Waals surface area contributed by atoms with Crippen molar-refractivity contribution in [2.24, 2.45) is 5.92 Å². The molecule has 0 aliphatic rings. The molecule has 0 aliphatic carbocycles. The van der Waals surface area contributed by atoms with Crippen molar-refractivity contribution in [1.82, 2.24) is 0 Å². The largest absolute Gasteiger partial charge is 0.389 e. The Bertz CT molecular complexity index is 511. The van der Waals surface area contributed by atoms with Crippen molar-refractivity contribution in [2.75, 3.05) is 18.0 Å². The van der Waals surface area contributed by atoms with E-state index in [1.165, 1.54) is 0 Å². The molecule has 0 bridgehead atoms. The van der Waals surface area contributed by atoms with Gasteiger partial charge in [0.2, 0.25) is 0 Å². The van der Waals surface area contributed by atoms with Gasteiger partial charge in [-0.05, 0) is 32.9 Å². The lowest BCUT2D eigenvalue weighted by Crippen LogP contribution is -2.29. The van der Waals surface area contributed by atoms with Crippen LogP contribution in [0.3, 0.4) is 0 Å². The number of hydrogen-bond acceptors (Lipinski definition) is 4. The van der Waals surface area contributed by atoms with Gasteiger partial charge in [0.1, 0.15) is 0 Å². The van der Waals surface area contributed by atoms with E-state index in [1.807, 2.05) is 18.7 Å². The fourth-order valence-corrected chi connectivity index (χ4v) is 2.01. The van der Waals surface area contributed by atoms with Gasteiger partial charge >= 0.3 is 0 Å². The molecule has 0 amide bonds. The minimum absolute atomic E-state index is 0.104. The highest BCUT2D eigenvalue weighted by Crippen LogP contribution is 2.28. The fraction of sp³-hybridized carbons (Fsp3) is 0.467. The van der Waals surface area contributed by atoms with Crippen molar-refractivity contribution in [2.45, 2.75) is 26.9 Å². The van der Waals surface area contributed by atoms with Crippen LogP contribution in [-0.4, -0.2) is 18.2 Å². The molecule has 0 radical (unpaired) electrons. The summed E-state index contributed by atoms with van der Waals surface area (Å²) in [5.74, 6) is -0.104. The summed E-state index contributed by atoms with van der Waals surface area (Å²) < 4.78 is 0. The van der Waals surface area contributed by atoms with E-state index >= 15 is 0 Å². The number of benzene rings is 1. The van der Waals surface area contributed by atoms with Crippen LogP contribution in [0.15, 0.2) is 18.2 Å². The quantitative estimate of drug-likeness (QED) is 0.880. The Kier molecular flexibility index (Phi) is 5.36. The van der Waals surface area contributed by atoms with Crippen molar-refractivity contribution in [3.8, 4) is 12.1 Å². The number of aliphatic hydroxyl groups is 1. The maximum absolute atomic E-state index is 9.83. The highest BCUT2D eigenvalue weighted by molar-refractivity contribution is 5.58. The standard InChI is InChI=1S/C15H19N3O/c1-4-18(10-11(2)8-16)15-7-13(9-17)5-6-14(15)12(3)19/h5-7,11-12,19H,4,10H2,1-3H3/t11?,12-/m1/s1. The van der Waals surface area contributed by atoms with Crippen molar-refractivity contribution in [1.29, 1.82) is 10.5 Å². The number of aliphatic hydroxyl groups excluding tert-OH is 1. The van der Waals surface area contributed by atoms with Crippen LogP contribution < -0.4 is 4.90 Å². The first-order valence-electron chi connectivity index (χ1n) is 6.40. The summed E-state index contributed by atoms with van der Waals surface area (Å²) in [6.45, 7) is 6.86. The Balaban J connectivity index is 3.20. The number of nitriles is 2. The van der Waals surface area contributed by atoms with Crippen LogP contribution in [0.2, 0.25) is 0 Å². The molecule has 1 aromatic carbocycles. The molecule has 1 rings (SSSR count). The summed E-state index contributed by atoms with van der Waals surface area (Å²) in [5, 5.41) is 27.7. The maximum atomic E-state index is 9.83. The third-order valence-corrected chi connectivity index (χ3v) is 3.05. The predicted molar refractivity (Wildman–Crippen MR) is 74.5 cm³/mol. The van der Waals surface area contributed by atoms with E-state index in [4.69, 9.17) is 10.5 Å². The molecule has 2 atom stereocenters. The van der Waals surface area contributed by atoms with Gasteiger partial charge in [0.15, 0.2) is 0 Å². The van der Waals surface area contributed by atoms with Crippen LogP contribution in [-0.2, 0) is 0 Å². The zero-order valence-electron chi connectivity index (χ0n) is 11.6. The summed E-state index contributed by atoms with van der Waals surface area (Å²) in [6.07, 6.45) is -0.603. The lowest BCUT2D eigenvalue weighted by Gasteiger charge is -2.27. The smallest absolute Gasteiger partial charge is 0.0992 e. The SMILES string of the molecule is CCN(CC(C)C#N)c1cc(C#N)ccc1[C@@H](C)O. The molecule has 0 aliphatic heterocycles. The average molecular weight is 257 g/mol. The van der Waals surface area contributed by atoms with E-state index in [0.717, 1.165) is 17.8 Å². The van der Waals surface area contributed by atoms with Crippen molar-refractivity contribution < 1.29 is 5.11 Å². The molecule has 0 spiro atoms. The van der Waals surface area contributed by atoms with Gasteiger partial charge in [-0.1, -0.05) is 6.07 Å². The second-order valence-corrected chi connectivity index (χ2v) is 4.63. The van der Waals surface area contributed by atoms with Crippen molar-refractivity contribution >= 4 is 5.69 Å². The molecule has 0 heterocycles. The van der Waals surface area contributed by atoms with Crippen LogP contribution in [0.5, 0.6) is 0 Å². The van der Waals surface area contributed by atoms with Gasteiger partial charge in [-0.2, -0.15) is 10.5 Å². The van der Waals surface area contributed by atoms with Crippen LogP contribution in [0.4, 0.5) is 5.69 Å². The lowest BCUT2D eigenvalue weighted by molar-refractivity contribution is 0.199. The molecule has 19 heavy (non-hydrogen) atoms. The van der Waals surface area contributed by atoms with Crippen molar-refractivity contribution in [3.63, 3.8) is 0 Å². The molecule has 0 fully saturated rings. The second kappa shape index (κ2) is 6.78. The van der Waals surface area contributed by atoms with Gasteiger partial charge in [-0.15, -0.1) is 0 Å². The minimum atomic E-state index is -0.603. The molecule has 4 heteroatoms. The van der Waals surface area contributed by atoms with Crippen LogP contribution in [0, 0.1) is 28.6 Å². The van der Waals surface area contributed by atoms with E-state index in [0.29, 0.717) is 12.1 Å². The second-order valence-electron chi connectivity index (χ2n) is 4.63. The summed E-state index contributed by atoms with van der Waals surface area (Å²) in [4.78, 5) is 2.02. The fourth-order valence-electron chi connectivity index (χ4n) is 2.01. The summed E-state index contributed by atoms with van der Waals surface area (Å²) in [5.41, 5.74) is 2.17. The Morgan fingerprint density at radius 2 is 2.00 bits per heavy atom. The molecule has 1 aromatic rings. The third-order valence-electron chi connectivity index (χ3n) is 3.05. The number of anilines is 1. The van der Waals surface area contributed by atoms with Crippen LogP contribution >= 0.6 is 0 Å². The molecule has 1 unspecified atom stereocenters. The monoisotopic (exact) mass is 257 g/mol. The van der Waals surface area contributed by atoms with E-state index < -0.39 is 6.10 Å². The molecular weight excluding hydrogens is 238 g/mol. The Morgan fingerprint density at radius 3 is 2.47 bits per heavy atom. The zero-order chi connectivity index (χ0) is 14.4. The maximum Gasteiger partial charge on any atom is 0.0992 e. The van der Waals surface area contributed by atoms with Gasteiger partial charge in [0, 0.05) is 24.3 Å². The molecule has 4 nitrogen and oxygen atoms in total. The molecule has 0 saturated heterocycles. The van der Waals surface area contributed by atoms with E-state index in [1.54, 1.807) is 25.1 Å². The van der Waals surface area contributed by atoms with Gasteiger partial charge in [0.25, 0.3) is 0 Å². The molecule has 1 N–H and O–H groups in total. The summed E-state index contributed by atoms with van der Waals surface area (Å²) in [7, 11) is 0. The van der Waals surface area contributed by atoms with Gasteiger partial charge in [-0.25, -0.2) is 0 Å². The third kappa shape index (κ3) is 3.71. The molecule has 0 saturated carbocycles. The highest BCUT2D eigenvalue weighted by atomic mass is 16.3. The number of rotatable bonds is 5. The molecule has 100 valence electrons. The lowest BCUT2D eigenvalue weighted by atomic mass is 10.0. The zero-order valence-corrected chi connectivity index (χ0v) is 11.6. The van der Waals surface area contributed by atoms with E-state index in [2.05, 4.69) is 12.1 Å². The Morgan fingerprint density at radius 1 is 1.32 bits per heavy atom. The Labute approximate surface area is 114 Å². The predicted octanol–water partition coefficient (Wildman–Crippen LogP) is 2.60. The molecular formula is C15H19N3O. The van der Waals surface area contributed by atoms with E-state index in [9.17, 15) is 5.11 Å². The van der Waals surface area contributed by atoms with Crippen molar-refractivity contribution in [3.05, 3.63) is 29.3 Å². The number of hydrogen-bond donors (Lipinski definition) is 1. The van der Waals surface area contributed by atoms with Crippen LogP contribution in [0.25, 0.3) is 0 Å². The number of nitrogens with zero attached hydrogens (tertiary/aromatic N) is 3. The normalized spacial score (nSPS) is 13.2. The minimum Gasteiger partial charge on any atom is -0.389 e. The summed E-state index contributed by atoms with van der Waals surface area (Å²) >= 11 is 0. The average Bonchev–Trinajstić information content (AvgIpc) is 2.43. The Hall–Kier alpha value is -2.04. The summed E-state index contributed by atoms with van der Waals surface area (Å²) in [6, 6.07) is 9.57. The topological polar surface area (TPSA) is 71.0 Å². The molecule has 0 aromatic heterocycles.